The van der Waals surface area contributed by atoms with Crippen molar-refractivity contribution in [3.63, 3.8) is 0 Å². The summed E-state index contributed by atoms with van der Waals surface area (Å²) < 4.78 is 0. The smallest absolute Gasteiger partial charge is 0.118 e. The second-order valence-corrected chi connectivity index (χ2v) is 5.27. The summed E-state index contributed by atoms with van der Waals surface area (Å²) in [6.45, 7) is 2.58. The van der Waals surface area contributed by atoms with Gasteiger partial charge in [0.25, 0.3) is 0 Å². The van der Waals surface area contributed by atoms with E-state index in [-0.39, 0.29) is 6.61 Å². The second-order valence-electron chi connectivity index (χ2n) is 4.24. The minimum absolute atomic E-state index is 0.211. The minimum atomic E-state index is -0.678. The average molecular weight is 244 g/mol. The van der Waals surface area contributed by atoms with E-state index in [9.17, 15) is 10.4 Å². The normalized spacial score (nSPS) is 21.1. The van der Waals surface area contributed by atoms with Crippen molar-refractivity contribution in [1.29, 1.82) is 5.26 Å². The van der Waals surface area contributed by atoms with Gasteiger partial charge in [-0.05, 0) is 25.3 Å². The van der Waals surface area contributed by atoms with Crippen LogP contribution in [0.3, 0.4) is 0 Å². The van der Waals surface area contributed by atoms with E-state index in [1.165, 1.54) is 11.8 Å². The van der Waals surface area contributed by atoms with E-state index in [2.05, 4.69) is 11.4 Å². The number of aliphatic hydroxyl groups excluding tert-OH is 2. The highest BCUT2D eigenvalue weighted by molar-refractivity contribution is 7.99. The monoisotopic (exact) mass is 244 g/mol. The number of hydrogen-bond donors (Lipinski definition) is 3. The Balaban J connectivity index is 2.41. The summed E-state index contributed by atoms with van der Waals surface area (Å²) in [5.74, 6) is 1.62. The Labute approximate surface area is 101 Å². The van der Waals surface area contributed by atoms with Crippen molar-refractivity contribution in [3.05, 3.63) is 0 Å². The van der Waals surface area contributed by atoms with Crippen LogP contribution in [-0.4, -0.2) is 46.5 Å². The third kappa shape index (κ3) is 3.63. The Bertz CT molecular complexity index is 253. The fraction of sp³-hybridized carbons (Fsp3) is 0.909. The van der Waals surface area contributed by atoms with Gasteiger partial charge in [0.15, 0.2) is 0 Å². The van der Waals surface area contributed by atoms with Crippen LogP contribution in [0.1, 0.15) is 19.8 Å². The lowest BCUT2D eigenvalue weighted by Crippen LogP contribution is -2.48. The third-order valence-electron chi connectivity index (χ3n) is 2.82. The fourth-order valence-electron chi connectivity index (χ4n) is 1.78. The van der Waals surface area contributed by atoms with Crippen LogP contribution in [0.2, 0.25) is 0 Å². The molecule has 92 valence electrons. The van der Waals surface area contributed by atoms with Crippen LogP contribution in [-0.2, 0) is 0 Å². The zero-order valence-electron chi connectivity index (χ0n) is 9.65. The van der Waals surface area contributed by atoms with Gasteiger partial charge in [0.05, 0.1) is 18.8 Å². The van der Waals surface area contributed by atoms with Crippen molar-refractivity contribution in [2.45, 2.75) is 31.4 Å². The maximum absolute atomic E-state index is 9.30. The molecule has 1 aliphatic carbocycles. The van der Waals surface area contributed by atoms with E-state index in [0.717, 1.165) is 19.4 Å². The second kappa shape index (κ2) is 6.45. The number of nitrogens with zero attached hydrogens (tertiary/aromatic N) is 1. The zero-order chi connectivity index (χ0) is 12.0. The summed E-state index contributed by atoms with van der Waals surface area (Å²) in [7, 11) is 0. The molecule has 0 saturated heterocycles. The molecule has 0 aromatic rings. The highest BCUT2D eigenvalue weighted by Gasteiger charge is 2.45. The molecule has 0 aromatic carbocycles. The van der Waals surface area contributed by atoms with E-state index < -0.39 is 11.6 Å². The van der Waals surface area contributed by atoms with Gasteiger partial charge in [-0.1, -0.05) is 6.92 Å². The number of nitrogens with one attached hydrogen (secondary N) is 1. The van der Waals surface area contributed by atoms with Crippen LogP contribution in [0.15, 0.2) is 0 Å². The van der Waals surface area contributed by atoms with Gasteiger partial charge >= 0.3 is 0 Å². The number of rotatable bonds is 8. The lowest BCUT2D eigenvalue weighted by atomic mass is 9.98. The van der Waals surface area contributed by atoms with Gasteiger partial charge in [-0.3, -0.25) is 5.32 Å². The molecule has 16 heavy (non-hydrogen) atoms. The lowest BCUT2D eigenvalue weighted by molar-refractivity contribution is 0.113. The number of hydrogen-bond acceptors (Lipinski definition) is 5. The van der Waals surface area contributed by atoms with Gasteiger partial charge in [-0.2, -0.15) is 17.0 Å². The van der Waals surface area contributed by atoms with Crippen molar-refractivity contribution in [2.24, 2.45) is 5.92 Å². The van der Waals surface area contributed by atoms with Gasteiger partial charge in [0, 0.05) is 11.5 Å². The van der Waals surface area contributed by atoms with Crippen LogP contribution < -0.4 is 5.32 Å². The van der Waals surface area contributed by atoms with Crippen molar-refractivity contribution in [2.75, 3.05) is 24.7 Å². The van der Waals surface area contributed by atoms with Gasteiger partial charge in [0.2, 0.25) is 0 Å². The zero-order valence-corrected chi connectivity index (χ0v) is 10.5. The standard InChI is InChI=1S/C11H20N2O2S/c1-2-13-11(7-12,9-3-4-9)8-16-6-10(15)5-14/h9-10,13-15H,2-6,8H2,1H3. The topological polar surface area (TPSA) is 76.3 Å². The van der Waals surface area contributed by atoms with E-state index in [1.54, 1.807) is 0 Å². The van der Waals surface area contributed by atoms with E-state index in [4.69, 9.17) is 5.11 Å². The predicted molar refractivity (Wildman–Crippen MR) is 65.2 cm³/mol. The summed E-state index contributed by atoms with van der Waals surface area (Å²) in [4.78, 5) is 0. The molecule has 5 heteroatoms. The Morgan fingerprint density at radius 3 is 2.75 bits per heavy atom. The van der Waals surface area contributed by atoms with Crippen LogP contribution >= 0.6 is 11.8 Å². The molecular weight excluding hydrogens is 224 g/mol. The fourth-order valence-corrected chi connectivity index (χ4v) is 3.00. The summed E-state index contributed by atoms with van der Waals surface area (Å²) in [5, 5.41) is 30.5. The molecule has 0 heterocycles. The number of thioether (sulfide) groups is 1. The number of aliphatic hydroxyl groups is 2. The molecule has 4 nitrogen and oxygen atoms in total. The van der Waals surface area contributed by atoms with E-state index >= 15 is 0 Å². The highest BCUT2D eigenvalue weighted by atomic mass is 32.2. The Morgan fingerprint density at radius 1 is 1.62 bits per heavy atom. The Kier molecular flexibility index (Phi) is 5.56. The molecule has 0 aliphatic heterocycles. The van der Waals surface area contributed by atoms with E-state index in [1.807, 2.05) is 6.92 Å². The Hall–Kier alpha value is -0.280. The first kappa shape index (κ1) is 13.8. The Morgan fingerprint density at radius 2 is 2.31 bits per heavy atom. The van der Waals surface area contributed by atoms with Gasteiger partial charge in [-0.25, -0.2) is 0 Å². The molecule has 1 fully saturated rings. The van der Waals surface area contributed by atoms with Crippen molar-refractivity contribution < 1.29 is 10.2 Å². The predicted octanol–water partition coefficient (Wildman–Crippen LogP) is 0.355. The third-order valence-corrected chi connectivity index (χ3v) is 4.10. The summed E-state index contributed by atoms with van der Waals surface area (Å²) in [6.07, 6.45) is 1.55. The maximum atomic E-state index is 9.30. The van der Waals surface area contributed by atoms with Gasteiger partial charge in [0.1, 0.15) is 5.54 Å². The lowest BCUT2D eigenvalue weighted by Gasteiger charge is -2.27. The first-order valence-corrected chi connectivity index (χ1v) is 6.87. The molecule has 2 atom stereocenters. The molecule has 3 N–H and O–H groups in total. The molecule has 2 unspecified atom stereocenters. The van der Waals surface area contributed by atoms with E-state index in [0.29, 0.717) is 17.4 Å². The quantitative estimate of drug-likeness (QED) is 0.574. The molecule has 0 aromatic heterocycles. The van der Waals surface area contributed by atoms with Crippen molar-refractivity contribution in [3.8, 4) is 6.07 Å². The first-order chi connectivity index (χ1) is 7.68. The summed E-state index contributed by atoms with van der Waals surface area (Å²) >= 11 is 1.53. The number of nitriles is 1. The van der Waals surface area contributed by atoms with Crippen LogP contribution in [0, 0.1) is 17.2 Å². The van der Waals surface area contributed by atoms with Crippen LogP contribution in [0.25, 0.3) is 0 Å². The van der Waals surface area contributed by atoms with Crippen LogP contribution in [0.4, 0.5) is 0 Å². The minimum Gasteiger partial charge on any atom is -0.394 e. The van der Waals surface area contributed by atoms with Gasteiger partial charge < -0.3 is 10.2 Å². The first-order valence-electron chi connectivity index (χ1n) is 5.71. The van der Waals surface area contributed by atoms with Crippen molar-refractivity contribution in [1.82, 2.24) is 5.32 Å². The maximum Gasteiger partial charge on any atom is 0.118 e. The molecule has 1 saturated carbocycles. The largest absolute Gasteiger partial charge is 0.394 e. The molecule has 0 spiro atoms. The van der Waals surface area contributed by atoms with Crippen molar-refractivity contribution >= 4 is 11.8 Å². The van der Waals surface area contributed by atoms with Crippen LogP contribution in [0.5, 0.6) is 0 Å². The average Bonchev–Trinajstić information content (AvgIpc) is 3.11. The molecule has 0 bridgehead atoms. The summed E-state index contributed by atoms with van der Waals surface area (Å²) in [5.41, 5.74) is -0.436. The molecule has 0 radical (unpaired) electrons. The van der Waals surface area contributed by atoms with Gasteiger partial charge in [-0.15, -0.1) is 0 Å². The SMILES string of the molecule is CCNC(C#N)(CSCC(O)CO)C1CC1. The highest BCUT2D eigenvalue weighted by Crippen LogP contribution is 2.41. The molecule has 1 rings (SSSR count). The molecular formula is C11H20N2O2S. The molecule has 0 amide bonds. The molecule has 1 aliphatic rings. The summed E-state index contributed by atoms with van der Waals surface area (Å²) in [6, 6.07) is 2.39.